The van der Waals surface area contributed by atoms with Crippen LogP contribution in [0.2, 0.25) is 0 Å². The van der Waals surface area contributed by atoms with Gasteiger partial charge in [-0.15, -0.1) is 0 Å². The summed E-state index contributed by atoms with van der Waals surface area (Å²) in [6.45, 7) is 48.0. The van der Waals surface area contributed by atoms with Gasteiger partial charge in [0.15, 0.2) is 0 Å². The molecule has 0 N–H and O–H groups in total. The van der Waals surface area contributed by atoms with Gasteiger partial charge in [0.25, 0.3) is 0 Å². The molecule has 0 atom stereocenters. The molecule has 2 heteroatoms. The molecule has 4 aliphatic carbocycles. The number of hydrogen-bond acceptors (Lipinski definition) is 2. The molecular weight excluding hydrogens is 1070 g/mol. The first-order chi connectivity index (χ1) is 44.3. The lowest BCUT2D eigenvalue weighted by molar-refractivity contribution is 0.793. The Balaban J connectivity index is 0.00000102. The Kier molecular flexibility index (Phi) is 35.5. The minimum absolute atomic E-state index is 0.564. The predicted molar refractivity (Wildman–Crippen MR) is 405 cm³/mol. The molecule has 1 spiro atoms. The minimum atomic E-state index is -0.564. The van der Waals surface area contributed by atoms with Gasteiger partial charge in [-0.25, -0.2) is 0 Å². The van der Waals surface area contributed by atoms with Crippen molar-refractivity contribution in [1.29, 1.82) is 0 Å². The summed E-state index contributed by atoms with van der Waals surface area (Å²) in [5.41, 5.74) is 27.7. The fraction of sp³-hybridized carbons (Fsp3) is 0.310. The molecule has 0 saturated carbocycles. The van der Waals surface area contributed by atoms with Crippen molar-refractivity contribution in [3.05, 3.63) is 275 Å². The van der Waals surface area contributed by atoms with E-state index in [-0.39, 0.29) is 0 Å². The van der Waals surface area contributed by atoms with Crippen molar-refractivity contribution in [3.8, 4) is 44.5 Å². The van der Waals surface area contributed by atoms with Crippen LogP contribution < -0.4 is 9.80 Å². The first kappa shape index (κ1) is 76.9. The van der Waals surface area contributed by atoms with Gasteiger partial charge in [0.2, 0.25) is 0 Å². The van der Waals surface area contributed by atoms with Crippen molar-refractivity contribution in [3.63, 3.8) is 0 Å². The molecule has 89 heavy (non-hydrogen) atoms. The average Bonchev–Trinajstić information content (AvgIpc) is 1.52. The summed E-state index contributed by atoms with van der Waals surface area (Å²) in [5.74, 6) is 0. The largest absolute Gasteiger partial charge is 0.310 e. The van der Waals surface area contributed by atoms with Crippen LogP contribution in [-0.4, -0.2) is 0 Å². The molecular formula is C87H114N2. The molecule has 472 valence electrons. The number of anilines is 6. The van der Waals surface area contributed by atoms with Gasteiger partial charge in [-0.3, -0.25) is 0 Å². The molecule has 2 nitrogen and oxygen atoms in total. The van der Waals surface area contributed by atoms with E-state index in [0.717, 1.165) is 35.6 Å². The highest BCUT2D eigenvalue weighted by Crippen LogP contribution is 2.64. The summed E-state index contributed by atoms with van der Waals surface area (Å²) in [6.07, 6.45) is 1.89. The summed E-state index contributed by atoms with van der Waals surface area (Å²) >= 11 is 0. The van der Waals surface area contributed by atoms with Gasteiger partial charge in [0, 0.05) is 33.9 Å². The second-order valence-electron chi connectivity index (χ2n) is 17.9. The van der Waals surface area contributed by atoms with Crippen LogP contribution in [0, 0.1) is 0 Å². The van der Waals surface area contributed by atoms with E-state index in [4.69, 9.17) is 0 Å². The number of hydrogen-bond donors (Lipinski definition) is 0. The molecule has 0 aromatic heterocycles. The number of para-hydroxylation sites is 2. The molecule has 0 heterocycles. The standard InChI is InChI=1S/C63H42N2.12C2H6/c1-3-21-45(22-4-1)64(59-31-15-19-43-37-41-17-7-9-25-49(41)61(43)59)47-33-35-53-54-36-34-48(40-58(54)63(57(53)39-47)55-29-13-11-27-51(55)52-28-12-14-30-56(52)63)65(46-23-5-2-6-24-46)60-32-16-20-44-38-42-18-8-10-26-50(42)62(44)60;12*1-2/h1-36,39-40H,37-38H2;12*1-2H3. The Morgan fingerprint density at radius 3 is 0.820 bits per heavy atom. The number of rotatable bonds is 6. The smallest absolute Gasteiger partial charge is 0.0727 e. The fourth-order valence-corrected chi connectivity index (χ4v) is 12.1. The van der Waals surface area contributed by atoms with Crippen LogP contribution in [0.1, 0.15) is 211 Å². The third-order valence-electron chi connectivity index (χ3n) is 14.7. The molecule has 0 fully saturated rings. The van der Waals surface area contributed by atoms with Gasteiger partial charge < -0.3 is 9.80 Å². The van der Waals surface area contributed by atoms with Gasteiger partial charge in [-0.1, -0.05) is 336 Å². The van der Waals surface area contributed by atoms with Crippen molar-refractivity contribution in [1.82, 2.24) is 0 Å². The van der Waals surface area contributed by atoms with E-state index < -0.39 is 5.41 Å². The zero-order valence-corrected chi connectivity index (χ0v) is 59.7. The molecule has 10 aromatic carbocycles. The Hall–Kier alpha value is -8.20. The molecule has 0 saturated heterocycles. The molecule has 0 amide bonds. The van der Waals surface area contributed by atoms with Crippen molar-refractivity contribution < 1.29 is 0 Å². The molecule has 0 unspecified atom stereocenters. The maximum atomic E-state index is 2.52. The van der Waals surface area contributed by atoms with Crippen molar-refractivity contribution in [2.24, 2.45) is 0 Å². The molecule has 0 aliphatic heterocycles. The summed E-state index contributed by atoms with van der Waals surface area (Å²) in [4.78, 5) is 5.00. The van der Waals surface area contributed by atoms with Crippen molar-refractivity contribution >= 4 is 34.1 Å². The molecule has 0 bridgehead atoms. The lowest BCUT2D eigenvalue weighted by atomic mass is 9.70. The third-order valence-corrected chi connectivity index (χ3v) is 14.7. The predicted octanol–water partition coefficient (Wildman–Crippen LogP) is 28.4. The number of benzene rings is 10. The Morgan fingerprint density at radius 1 is 0.213 bits per heavy atom. The molecule has 10 aromatic rings. The van der Waals surface area contributed by atoms with Crippen molar-refractivity contribution in [2.45, 2.75) is 184 Å². The summed E-state index contributed by atoms with van der Waals surface area (Å²) in [6, 6.07) is 86.4. The van der Waals surface area contributed by atoms with E-state index >= 15 is 0 Å². The van der Waals surface area contributed by atoms with E-state index in [1.165, 1.54) is 100 Å². The Morgan fingerprint density at radius 2 is 0.483 bits per heavy atom. The van der Waals surface area contributed by atoms with Gasteiger partial charge in [0.1, 0.15) is 0 Å². The minimum Gasteiger partial charge on any atom is -0.310 e. The van der Waals surface area contributed by atoms with Gasteiger partial charge in [-0.05, 0) is 151 Å². The van der Waals surface area contributed by atoms with Gasteiger partial charge in [0.05, 0.1) is 16.8 Å². The summed E-state index contributed by atoms with van der Waals surface area (Å²) < 4.78 is 0. The SMILES string of the molecule is CC.CC.CC.CC.CC.CC.CC.CC.CC.CC.CC.CC.c1ccc(N(c2ccc3c(c2)C2(c4ccccc4-c4ccccc42)c2cc(N(c4ccccc4)c4cccc5c4-c4ccccc4C5)ccc2-3)c2cccc3c2-c2ccccc2C3)cc1. The van der Waals surface area contributed by atoms with Gasteiger partial charge >= 0.3 is 0 Å². The lowest BCUT2D eigenvalue weighted by Gasteiger charge is -2.34. The normalized spacial score (nSPS) is 10.7. The van der Waals surface area contributed by atoms with Crippen LogP contribution >= 0.6 is 0 Å². The van der Waals surface area contributed by atoms with E-state index in [1.54, 1.807) is 0 Å². The number of nitrogens with zero attached hydrogens (tertiary/aromatic N) is 2. The zero-order valence-electron chi connectivity index (χ0n) is 59.7. The highest BCUT2D eigenvalue weighted by atomic mass is 15.2. The van der Waals surface area contributed by atoms with Crippen LogP contribution in [0.4, 0.5) is 34.1 Å². The highest BCUT2D eigenvalue weighted by Gasteiger charge is 2.52. The molecule has 14 rings (SSSR count). The van der Waals surface area contributed by atoms with E-state index in [2.05, 4.69) is 240 Å². The Labute approximate surface area is 544 Å². The van der Waals surface area contributed by atoms with Crippen LogP contribution in [0.3, 0.4) is 0 Å². The topological polar surface area (TPSA) is 6.48 Å². The van der Waals surface area contributed by atoms with E-state index in [1.807, 2.05) is 166 Å². The lowest BCUT2D eigenvalue weighted by Crippen LogP contribution is -2.26. The quantitative estimate of drug-likeness (QED) is 0.164. The molecule has 4 aliphatic rings. The molecule has 0 radical (unpaired) electrons. The van der Waals surface area contributed by atoms with Crippen LogP contribution in [0.15, 0.2) is 231 Å². The maximum Gasteiger partial charge on any atom is 0.0727 e. The second kappa shape index (κ2) is 41.1. The first-order valence-corrected chi connectivity index (χ1v) is 34.9. The fourth-order valence-electron chi connectivity index (χ4n) is 12.1. The van der Waals surface area contributed by atoms with E-state index in [9.17, 15) is 0 Å². The average molecular weight is 1190 g/mol. The van der Waals surface area contributed by atoms with Crippen molar-refractivity contribution in [2.75, 3.05) is 9.80 Å². The number of fused-ring (bicyclic) bond motifs is 16. The van der Waals surface area contributed by atoms with Crippen LogP contribution in [0.5, 0.6) is 0 Å². The van der Waals surface area contributed by atoms with Crippen LogP contribution in [0.25, 0.3) is 44.5 Å². The third kappa shape index (κ3) is 15.3. The Bertz CT molecular complexity index is 3330. The zero-order chi connectivity index (χ0) is 66.6. The first-order valence-electron chi connectivity index (χ1n) is 34.9. The van der Waals surface area contributed by atoms with Gasteiger partial charge in [-0.2, -0.15) is 0 Å². The second-order valence-corrected chi connectivity index (χ2v) is 17.9. The summed E-state index contributed by atoms with van der Waals surface area (Å²) in [7, 11) is 0. The van der Waals surface area contributed by atoms with Crippen LogP contribution in [-0.2, 0) is 18.3 Å². The monoisotopic (exact) mass is 1190 g/mol. The van der Waals surface area contributed by atoms with E-state index in [0.29, 0.717) is 0 Å². The maximum absolute atomic E-state index is 2.52. The summed E-state index contributed by atoms with van der Waals surface area (Å²) in [5, 5.41) is 0. The highest BCUT2D eigenvalue weighted by molar-refractivity contribution is 6.00.